The number of halogens is 1. The normalized spacial score (nSPS) is 16.5. The molecule has 1 saturated heterocycles. The van der Waals surface area contributed by atoms with E-state index in [9.17, 15) is 4.39 Å². The number of nitrogens with zero attached hydrogens (tertiary/aromatic N) is 3. The van der Waals surface area contributed by atoms with Gasteiger partial charge in [-0.05, 0) is 31.5 Å². The van der Waals surface area contributed by atoms with E-state index in [0.29, 0.717) is 6.42 Å². The highest BCUT2D eigenvalue weighted by Gasteiger charge is 2.17. The Morgan fingerprint density at radius 3 is 2.13 bits per heavy atom. The van der Waals surface area contributed by atoms with Gasteiger partial charge in [0.05, 0.1) is 12.5 Å². The molecule has 1 aliphatic carbocycles. The molecular formula is C26H44FN3. The van der Waals surface area contributed by atoms with Gasteiger partial charge in [0.25, 0.3) is 0 Å². The Morgan fingerprint density at radius 2 is 1.73 bits per heavy atom. The van der Waals surface area contributed by atoms with E-state index < -0.39 is 0 Å². The molecular weight excluding hydrogens is 373 g/mol. The van der Waals surface area contributed by atoms with Gasteiger partial charge in [0.15, 0.2) is 0 Å². The SMILES string of the molecule is C=CCC#N.CC.CC1CCCCC1.CCN1CCN(c2cccc(F)c2C)CC1. The number of allylic oxidation sites excluding steroid dienone is 1. The minimum atomic E-state index is -0.101. The monoisotopic (exact) mass is 417 g/mol. The molecule has 1 aromatic rings. The molecule has 2 fully saturated rings. The molecule has 1 saturated carbocycles. The van der Waals surface area contributed by atoms with Crippen LogP contribution in [0.5, 0.6) is 0 Å². The van der Waals surface area contributed by atoms with Crippen molar-refractivity contribution in [3.8, 4) is 6.07 Å². The van der Waals surface area contributed by atoms with Crippen LogP contribution in [0, 0.1) is 30.0 Å². The van der Waals surface area contributed by atoms with Crippen molar-refractivity contribution in [2.75, 3.05) is 37.6 Å². The third-order valence-electron chi connectivity index (χ3n) is 5.53. The first-order valence-electron chi connectivity index (χ1n) is 11.7. The molecule has 0 bridgehead atoms. The van der Waals surface area contributed by atoms with Crippen molar-refractivity contribution in [1.29, 1.82) is 5.26 Å². The first-order chi connectivity index (χ1) is 14.5. The number of likely N-dealkylation sites (N-methyl/N-ethyl adjacent to an activating group) is 1. The van der Waals surface area contributed by atoms with Crippen LogP contribution in [0.3, 0.4) is 0 Å². The molecule has 2 aliphatic rings. The van der Waals surface area contributed by atoms with Gasteiger partial charge in [-0.15, -0.1) is 6.58 Å². The summed E-state index contributed by atoms with van der Waals surface area (Å²) >= 11 is 0. The van der Waals surface area contributed by atoms with Gasteiger partial charge >= 0.3 is 0 Å². The van der Waals surface area contributed by atoms with Gasteiger partial charge in [-0.3, -0.25) is 0 Å². The summed E-state index contributed by atoms with van der Waals surface area (Å²) in [5.74, 6) is 0.934. The highest BCUT2D eigenvalue weighted by molar-refractivity contribution is 5.53. The second-order valence-electron chi connectivity index (χ2n) is 7.70. The van der Waals surface area contributed by atoms with Crippen LogP contribution < -0.4 is 4.90 Å². The second kappa shape index (κ2) is 18.0. The standard InChI is InChI=1S/C13H19FN2.C7H14.C4H5N.C2H6/c1-3-15-7-9-16(10-8-15)13-6-4-5-12(14)11(13)2;1-7-5-3-2-4-6-7;1-2-3-4-5;1-2/h4-6H,3,7-10H2,1-2H3;7H,2-6H2,1H3;2H,1,3H2;1-2H3. The third-order valence-corrected chi connectivity index (χ3v) is 5.53. The van der Waals surface area contributed by atoms with E-state index in [2.05, 4.69) is 30.2 Å². The Balaban J connectivity index is 0.000000497. The van der Waals surface area contributed by atoms with E-state index in [4.69, 9.17) is 5.26 Å². The summed E-state index contributed by atoms with van der Waals surface area (Å²) < 4.78 is 13.4. The van der Waals surface area contributed by atoms with Crippen molar-refractivity contribution in [1.82, 2.24) is 4.90 Å². The third kappa shape index (κ3) is 11.4. The van der Waals surface area contributed by atoms with Crippen LogP contribution in [0.25, 0.3) is 0 Å². The summed E-state index contributed by atoms with van der Waals surface area (Å²) in [6, 6.07) is 7.24. The lowest BCUT2D eigenvalue weighted by Gasteiger charge is -2.36. The largest absolute Gasteiger partial charge is 0.369 e. The Morgan fingerprint density at radius 1 is 1.13 bits per heavy atom. The van der Waals surface area contributed by atoms with Gasteiger partial charge in [-0.2, -0.15) is 5.26 Å². The molecule has 1 aliphatic heterocycles. The van der Waals surface area contributed by atoms with Crippen LogP contribution in [0.1, 0.15) is 71.8 Å². The van der Waals surface area contributed by atoms with E-state index in [1.807, 2.05) is 32.9 Å². The van der Waals surface area contributed by atoms with E-state index in [0.717, 1.165) is 49.9 Å². The Bertz CT molecular complexity index is 595. The molecule has 4 heteroatoms. The highest BCUT2D eigenvalue weighted by Crippen LogP contribution is 2.23. The molecule has 30 heavy (non-hydrogen) atoms. The molecule has 0 atom stereocenters. The lowest BCUT2D eigenvalue weighted by Crippen LogP contribution is -2.46. The van der Waals surface area contributed by atoms with Crippen LogP contribution in [0.15, 0.2) is 30.9 Å². The van der Waals surface area contributed by atoms with Gasteiger partial charge < -0.3 is 9.80 Å². The van der Waals surface area contributed by atoms with Gasteiger partial charge in [0, 0.05) is 37.4 Å². The topological polar surface area (TPSA) is 30.3 Å². The minimum Gasteiger partial charge on any atom is -0.369 e. The fourth-order valence-electron chi connectivity index (χ4n) is 3.61. The first-order valence-corrected chi connectivity index (χ1v) is 11.7. The lowest BCUT2D eigenvalue weighted by molar-refractivity contribution is 0.271. The maximum Gasteiger partial charge on any atom is 0.128 e. The first kappa shape index (κ1) is 28.1. The number of nitriles is 1. The zero-order chi connectivity index (χ0) is 22.8. The average molecular weight is 418 g/mol. The smallest absolute Gasteiger partial charge is 0.128 e. The highest BCUT2D eigenvalue weighted by atomic mass is 19.1. The van der Waals surface area contributed by atoms with Crippen LogP contribution in [0.4, 0.5) is 10.1 Å². The molecule has 170 valence electrons. The molecule has 1 aromatic carbocycles. The number of hydrogen-bond acceptors (Lipinski definition) is 3. The molecule has 1 heterocycles. The second-order valence-corrected chi connectivity index (χ2v) is 7.70. The van der Waals surface area contributed by atoms with Crippen molar-refractivity contribution in [2.24, 2.45) is 5.92 Å². The maximum absolute atomic E-state index is 13.4. The number of benzene rings is 1. The van der Waals surface area contributed by atoms with Crippen molar-refractivity contribution < 1.29 is 4.39 Å². The maximum atomic E-state index is 13.4. The fraction of sp³-hybridized carbons (Fsp3) is 0.654. The molecule has 0 unspecified atom stereocenters. The fourth-order valence-corrected chi connectivity index (χ4v) is 3.61. The molecule has 0 amide bonds. The molecule has 0 radical (unpaired) electrons. The predicted molar refractivity (Wildman–Crippen MR) is 129 cm³/mol. The number of rotatable bonds is 3. The van der Waals surface area contributed by atoms with E-state index in [1.54, 1.807) is 12.1 Å². The van der Waals surface area contributed by atoms with Crippen molar-refractivity contribution in [2.45, 2.75) is 73.1 Å². The lowest BCUT2D eigenvalue weighted by atomic mass is 9.91. The summed E-state index contributed by atoms with van der Waals surface area (Å²) in [7, 11) is 0. The summed E-state index contributed by atoms with van der Waals surface area (Å²) in [5, 5.41) is 7.74. The number of hydrogen-bond donors (Lipinski definition) is 0. The molecule has 3 rings (SSSR count). The summed E-state index contributed by atoms with van der Waals surface area (Å²) in [5.41, 5.74) is 1.82. The Hall–Kier alpha value is -1.86. The van der Waals surface area contributed by atoms with E-state index >= 15 is 0 Å². The molecule has 0 aromatic heterocycles. The van der Waals surface area contributed by atoms with E-state index in [1.165, 1.54) is 38.2 Å². The van der Waals surface area contributed by atoms with Crippen molar-refractivity contribution >= 4 is 5.69 Å². The molecule has 0 N–H and O–H groups in total. The quantitative estimate of drug-likeness (QED) is 0.497. The van der Waals surface area contributed by atoms with Crippen LogP contribution >= 0.6 is 0 Å². The van der Waals surface area contributed by atoms with Crippen molar-refractivity contribution in [3.63, 3.8) is 0 Å². The summed E-state index contributed by atoms with van der Waals surface area (Å²) in [6.45, 7) is 19.0. The summed E-state index contributed by atoms with van der Waals surface area (Å²) in [4.78, 5) is 4.70. The number of anilines is 1. The Kier molecular flexibility index (Phi) is 16.8. The number of piperazine rings is 1. The van der Waals surface area contributed by atoms with Gasteiger partial charge in [-0.25, -0.2) is 4.39 Å². The zero-order valence-corrected chi connectivity index (χ0v) is 20.1. The zero-order valence-electron chi connectivity index (χ0n) is 20.1. The van der Waals surface area contributed by atoms with Crippen LogP contribution in [0.2, 0.25) is 0 Å². The Labute approximate surface area is 185 Å². The average Bonchev–Trinajstić information content (AvgIpc) is 2.79. The van der Waals surface area contributed by atoms with Crippen molar-refractivity contribution in [3.05, 3.63) is 42.2 Å². The molecule has 0 spiro atoms. The van der Waals surface area contributed by atoms with E-state index in [-0.39, 0.29) is 5.82 Å². The van der Waals surface area contributed by atoms with Gasteiger partial charge in [-0.1, -0.05) is 71.9 Å². The van der Waals surface area contributed by atoms with Crippen LogP contribution in [-0.4, -0.2) is 37.6 Å². The van der Waals surface area contributed by atoms with Gasteiger partial charge in [0.1, 0.15) is 5.82 Å². The molecule has 3 nitrogen and oxygen atoms in total. The minimum absolute atomic E-state index is 0.101. The predicted octanol–water partition coefficient (Wildman–Crippen LogP) is 6.97. The summed E-state index contributed by atoms with van der Waals surface area (Å²) in [6.07, 6.45) is 9.46. The van der Waals surface area contributed by atoms with Gasteiger partial charge in [0.2, 0.25) is 0 Å². The van der Waals surface area contributed by atoms with Crippen LogP contribution in [-0.2, 0) is 0 Å².